The van der Waals surface area contributed by atoms with E-state index >= 15 is 0 Å². The van der Waals surface area contributed by atoms with Crippen LogP contribution in [0, 0.1) is 5.92 Å². The monoisotopic (exact) mass is 453 g/mol. The van der Waals surface area contributed by atoms with Crippen molar-refractivity contribution in [2.75, 3.05) is 37.6 Å². The molecule has 2 fully saturated rings. The second-order valence-corrected chi connectivity index (χ2v) is 8.23. The Balaban J connectivity index is 1.29. The van der Waals surface area contributed by atoms with Crippen molar-refractivity contribution in [3.63, 3.8) is 0 Å². The zero-order chi connectivity index (χ0) is 22.7. The second-order valence-electron chi connectivity index (χ2n) is 8.23. The van der Waals surface area contributed by atoms with Crippen LogP contribution in [0.1, 0.15) is 44.3 Å². The number of piperidine rings is 1. The van der Waals surface area contributed by atoms with Gasteiger partial charge in [-0.25, -0.2) is 0 Å². The number of alkyl halides is 3. The molecule has 1 N–H and O–H groups in total. The molecular formula is C20H26F3N7O2. The van der Waals surface area contributed by atoms with E-state index < -0.39 is 12.0 Å². The van der Waals surface area contributed by atoms with E-state index in [1.54, 1.807) is 6.07 Å². The molecule has 2 aromatic heterocycles. The standard InChI is InChI=1S/C20H26F3N7O2/c21-20(22,23)19-26-25-15-5-6-16(27-30(15)19)28-11-7-14(8-12-28)18(32)24-9-13-29-10-3-1-2-4-17(29)31/h5-6,14H,1-4,7-13H2,(H,24,32). The Morgan fingerprint density at radius 2 is 1.88 bits per heavy atom. The number of nitrogens with one attached hydrogen (secondary N) is 1. The number of fused-ring (bicyclic) bond motifs is 1. The fraction of sp³-hybridized carbons (Fsp3) is 0.650. The SMILES string of the molecule is O=C(NCCN1CCCCCC1=O)C1CCN(c2ccc3nnc(C(F)(F)F)n3n2)CC1. The lowest BCUT2D eigenvalue weighted by atomic mass is 9.96. The molecule has 2 aromatic rings. The third-order valence-corrected chi connectivity index (χ3v) is 6.04. The van der Waals surface area contributed by atoms with Crippen molar-refractivity contribution >= 4 is 23.3 Å². The highest BCUT2D eigenvalue weighted by Gasteiger charge is 2.38. The van der Waals surface area contributed by atoms with Crippen molar-refractivity contribution < 1.29 is 22.8 Å². The van der Waals surface area contributed by atoms with Gasteiger partial charge in [-0.2, -0.15) is 17.7 Å². The summed E-state index contributed by atoms with van der Waals surface area (Å²) in [6.07, 6.45) is 0.0588. The smallest absolute Gasteiger partial charge is 0.355 e. The van der Waals surface area contributed by atoms with Gasteiger partial charge in [-0.1, -0.05) is 6.42 Å². The zero-order valence-electron chi connectivity index (χ0n) is 17.6. The minimum absolute atomic E-state index is 0.0261. The number of hydrogen-bond donors (Lipinski definition) is 1. The summed E-state index contributed by atoms with van der Waals surface area (Å²) in [5.74, 6) is -0.840. The first-order chi connectivity index (χ1) is 15.3. The van der Waals surface area contributed by atoms with Crippen molar-refractivity contribution in [2.24, 2.45) is 5.92 Å². The molecule has 0 aliphatic carbocycles. The molecule has 32 heavy (non-hydrogen) atoms. The Labute approximate surface area is 182 Å². The minimum Gasteiger partial charge on any atom is -0.355 e. The van der Waals surface area contributed by atoms with E-state index in [0.29, 0.717) is 55.8 Å². The Morgan fingerprint density at radius 1 is 1.09 bits per heavy atom. The molecule has 0 unspecified atom stereocenters. The number of amides is 2. The highest BCUT2D eigenvalue weighted by atomic mass is 19.4. The van der Waals surface area contributed by atoms with Crippen LogP contribution in [0.3, 0.4) is 0 Å². The van der Waals surface area contributed by atoms with Gasteiger partial charge in [0.25, 0.3) is 5.82 Å². The van der Waals surface area contributed by atoms with Crippen molar-refractivity contribution in [3.05, 3.63) is 18.0 Å². The largest absolute Gasteiger partial charge is 0.453 e. The molecule has 2 saturated heterocycles. The molecule has 9 nitrogen and oxygen atoms in total. The van der Waals surface area contributed by atoms with Crippen LogP contribution < -0.4 is 10.2 Å². The van der Waals surface area contributed by atoms with Gasteiger partial charge in [0.15, 0.2) is 5.65 Å². The average molecular weight is 453 g/mol. The fourth-order valence-electron chi connectivity index (χ4n) is 4.23. The molecule has 4 heterocycles. The summed E-state index contributed by atoms with van der Waals surface area (Å²) < 4.78 is 40.0. The van der Waals surface area contributed by atoms with Crippen LogP contribution in [-0.4, -0.2) is 69.2 Å². The predicted octanol–water partition coefficient (Wildman–Crippen LogP) is 1.88. The highest BCUT2D eigenvalue weighted by Crippen LogP contribution is 2.28. The van der Waals surface area contributed by atoms with Gasteiger partial charge in [0, 0.05) is 45.1 Å². The van der Waals surface area contributed by atoms with E-state index in [4.69, 9.17) is 0 Å². The maximum absolute atomic E-state index is 13.1. The summed E-state index contributed by atoms with van der Waals surface area (Å²) in [6, 6.07) is 3.07. The van der Waals surface area contributed by atoms with Crippen LogP contribution in [0.2, 0.25) is 0 Å². The fourth-order valence-corrected chi connectivity index (χ4v) is 4.23. The third-order valence-electron chi connectivity index (χ3n) is 6.04. The Morgan fingerprint density at radius 3 is 2.62 bits per heavy atom. The van der Waals surface area contributed by atoms with E-state index in [-0.39, 0.29) is 23.4 Å². The summed E-state index contributed by atoms with van der Waals surface area (Å²) in [5.41, 5.74) is 0.0261. The Bertz CT molecular complexity index is 970. The van der Waals surface area contributed by atoms with E-state index in [1.165, 1.54) is 6.07 Å². The molecule has 2 aliphatic rings. The molecule has 0 spiro atoms. The maximum atomic E-state index is 13.1. The zero-order valence-corrected chi connectivity index (χ0v) is 17.6. The van der Waals surface area contributed by atoms with Crippen molar-refractivity contribution in [2.45, 2.75) is 44.7 Å². The maximum Gasteiger partial charge on any atom is 0.453 e. The van der Waals surface area contributed by atoms with E-state index in [2.05, 4.69) is 20.6 Å². The summed E-state index contributed by atoms with van der Waals surface area (Å²) in [7, 11) is 0. The summed E-state index contributed by atoms with van der Waals surface area (Å²) in [6.45, 7) is 2.70. The number of likely N-dealkylation sites (tertiary alicyclic amines) is 1. The normalized spacial score (nSPS) is 18.8. The third kappa shape index (κ3) is 4.94. The van der Waals surface area contributed by atoms with Gasteiger partial charge in [-0.05, 0) is 37.8 Å². The first kappa shape index (κ1) is 22.3. The van der Waals surface area contributed by atoms with Gasteiger partial charge in [-0.15, -0.1) is 15.3 Å². The average Bonchev–Trinajstić information content (AvgIpc) is 3.11. The number of carbonyl (C=O) groups excluding carboxylic acids is 2. The molecule has 0 saturated carbocycles. The molecule has 2 aliphatic heterocycles. The lowest BCUT2D eigenvalue weighted by Crippen LogP contribution is -2.43. The number of nitrogens with zero attached hydrogens (tertiary/aromatic N) is 6. The van der Waals surface area contributed by atoms with Gasteiger partial charge >= 0.3 is 6.18 Å². The van der Waals surface area contributed by atoms with Crippen molar-refractivity contribution in [1.29, 1.82) is 0 Å². The van der Waals surface area contributed by atoms with Crippen LogP contribution in [0.4, 0.5) is 19.0 Å². The van der Waals surface area contributed by atoms with Crippen molar-refractivity contribution in [3.8, 4) is 0 Å². The van der Waals surface area contributed by atoms with Gasteiger partial charge in [-0.3, -0.25) is 9.59 Å². The molecule has 0 bridgehead atoms. The lowest BCUT2D eigenvalue weighted by molar-refractivity contribution is -0.146. The Kier molecular flexibility index (Phi) is 6.47. The van der Waals surface area contributed by atoms with Crippen molar-refractivity contribution in [1.82, 2.24) is 30.0 Å². The van der Waals surface area contributed by atoms with E-state index in [0.717, 1.165) is 25.8 Å². The van der Waals surface area contributed by atoms with Crippen LogP contribution in [-0.2, 0) is 15.8 Å². The van der Waals surface area contributed by atoms with Gasteiger partial charge < -0.3 is 15.1 Å². The number of aromatic nitrogens is 4. The quantitative estimate of drug-likeness (QED) is 0.743. The summed E-state index contributed by atoms with van der Waals surface area (Å²) in [5, 5.41) is 13.7. The topological polar surface area (TPSA) is 95.7 Å². The first-order valence-electron chi connectivity index (χ1n) is 10.9. The number of carbonyl (C=O) groups is 2. The van der Waals surface area contributed by atoms with E-state index in [9.17, 15) is 22.8 Å². The van der Waals surface area contributed by atoms with Gasteiger partial charge in [0.05, 0.1) is 0 Å². The van der Waals surface area contributed by atoms with Crippen LogP contribution in [0.5, 0.6) is 0 Å². The number of rotatable bonds is 5. The minimum atomic E-state index is -4.64. The highest BCUT2D eigenvalue weighted by molar-refractivity contribution is 5.79. The molecule has 0 radical (unpaired) electrons. The van der Waals surface area contributed by atoms with Gasteiger partial charge in [0.1, 0.15) is 5.82 Å². The van der Waals surface area contributed by atoms with Crippen LogP contribution in [0.25, 0.3) is 5.65 Å². The molecular weight excluding hydrogens is 427 g/mol. The molecule has 4 rings (SSSR count). The summed E-state index contributed by atoms with van der Waals surface area (Å²) in [4.78, 5) is 28.2. The van der Waals surface area contributed by atoms with E-state index in [1.807, 2.05) is 9.80 Å². The van der Waals surface area contributed by atoms with Crippen LogP contribution >= 0.6 is 0 Å². The Hall–Kier alpha value is -2.92. The van der Waals surface area contributed by atoms with Gasteiger partial charge in [0.2, 0.25) is 11.8 Å². The first-order valence-corrected chi connectivity index (χ1v) is 10.9. The number of anilines is 1. The van der Waals surface area contributed by atoms with Crippen LogP contribution in [0.15, 0.2) is 12.1 Å². The molecule has 174 valence electrons. The number of halogens is 3. The molecule has 2 amide bonds. The lowest BCUT2D eigenvalue weighted by Gasteiger charge is -2.32. The molecule has 12 heteroatoms. The number of hydrogen-bond acceptors (Lipinski definition) is 6. The predicted molar refractivity (Wildman–Crippen MR) is 109 cm³/mol. The molecule has 0 atom stereocenters. The second kappa shape index (κ2) is 9.29. The summed E-state index contributed by atoms with van der Waals surface area (Å²) >= 11 is 0. The molecule has 0 aromatic carbocycles.